The second kappa shape index (κ2) is 9.73. The number of fused-ring (bicyclic) bond motifs is 1. The Hall–Kier alpha value is -3.26. The van der Waals surface area contributed by atoms with E-state index < -0.39 is 39.4 Å². The van der Waals surface area contributed by atoms with Gasteiger partial charge in [0.15, 0.2) is 5.60 Å². The summed E-state index contributed by atoms with van der Waals surface area (Å²) >= 11 is 12.2. The smallest absolute Gasteiger partial charge is 0.422 e. The first-order valence-corrected chi connectivity index (χ1v) is 13.2. The zero-order chi connectivity index (χ0) is 29.1. The second-order valence-electron chi connectivity index (χ2n) is 8.71. The van der Waals surface area contributed by atoms with Gasteiger partial charge >= 0.3 is 22.4 Å². The number of rotatable bonds is 6. The quantitative estimate of drug-likeness (QED) is 0.353. The SMILES string of the molecule is C[C@@H](c1ccc(Oc2ccc(C(=O)O)c(Cl)n2)cc1Cl)[C@](O)(c1ccc2c(c1)N(C)S(=O)(=O)N2C)C(F)(F)F. The number of alkyl halides is 3. The molecule has 4 rings (SSSR count). The van der Waals surface area contributed by atoms with Gasteiger partial charge in [0, 0.05) is 31.1 Å². The molecule has 2 N–H and O–H groups in total. The van der Waals surface area contributed by atoms with Crippen molar-refractivity contribution < 1.29 is 41.3 Å². The van der Waals surface area contributed by atoms with Crippen LogP contribution in [0, 0.1) is 0 Å². The van der Waals surface area contributed by atoms with Crippen molar-refractivity contribution in [2.24, 2.45) is 0 Å². The van der Waals surface area contributed by atoms with Crippen molar-refractivity contribution in [2.45, 2.75) is 24.6 Å². The van der Waals surface area contributed by atoms with Crippen LogP contribution in [-0.4, -0.2) is 49.9 Å². The Kier molecular flexibility index (Phi) is 7.17. The van der Waals surface area contributed by atoms with Crippen molar-refractivity contribution in [2.75, 3.05) is 22.7 Å². The molecule has 3 aromatic rings. The third-order valence-corrected chi connectivity index (χ3v) is 8.95. The molecule has 1 aliphatic heterocycles. The lowest BCUT2D eigenvalue weighted by Crippen LogP contribution is -2.46. The Morgan fingerprint density at radius 3 is 2.23 bits per heavy atom. The summed E-state index contributed by atoms with van der Waals surface area (Å²) in [6, 6.07) is 9.37. The second-order valence-corrected chi connectivity index (χ2v) is 11.5. The summed E-state index contributed by atoms with van der Waals surface area (Å²) in [5.41, 5.74) is -4.23. The predicted molar refractivity (Wildman–Crippen MR) is 138 cm³/mol. The molecule has 0 spiro atoms. The molecule has 39 heavy (non-hydrogen) atoms. The summed E-state index contributed by atoms with van der Waals surface area (Å²) in [5, 5.41) is 19.8. The largest absolute Gasteiger partial charge is 0.478 e. The van der Waals surface area contributed by atoms with Crippen LogP contribution in [0.2, 0.25) is 10.2 Å². The zero-order valence-electron chi connectivity index (χ0n) is 20.4. The molecule has 0 unspecified atom stereocenters. The summed E-state index contributed by atoms with van der Waals surface area (Å²) in [6.45, 7) is 1.14. The molecule has 9 nitrogen and oxygen atoms in total. The lowest BCUT2D eigenvalue weighted by molar-refractivity contribution is -0.274. The topological polar surface area (TPSA) is 120 Å². The van der Waals surface area contributed by atoms with Gasteiger partial charge in [0.05, 0.1) is 16.9 Å². The van der Waals surface area contributed by atoms with Crippen LogP contribution in [0.25, 0.3) is 0 Å². The molecule has 0 bridgehead atoms. The van der Waals surface area contributed by atoms with E-state index >= 15 is 0 Å². The summed E-state index contributed by atoms with van der Waals surface area (Å²) in [7, 11) is -1.49. The Morgan fingerprint density at radius 1 is 1.03 bits per heavy atom. The highest BCUT2D eigenvalue weighted by atomic mass is 35.5. The number of benzene rings is 2. The van der Waals surface area contributed by atoms with Gasteiger partial charge in [-0.25, -0.2) is 9.78 Å². The fourth-order valence-electron chi connectivity index (χ4n) is 4.27. The molecule has 1 aliphatic rings. The number of halogens is 5. The van der Waals surface area contributed by atoms with Gasteiger partial charge in [0.2, 0.25) is 5.88 Å². The number of nitrogens with zero attached hydrogens (tertiary/aromatic N) is 3. The lowest BCUT2D eigenvalue weighted by atomic mass is 9.77. The standard InChI is InChI=1S/C24H20Cl2F3N3O6S/c1-12(15-6-5-14(11-17(15)25)38-20-9-7-16(22(33)34)21(26)30-20)23(35,24(27,28)29)13-4-8-18-19(10-13)32(3)39(36,37)31(18)2/h4-12,35H,1-3H3,(H,33,34)/t12-,23-/m0/s1. The number of carboxylic acid groups (broad SMARTS) is 1. The van der Waals surface area contributed by atoms with Crippen LogP contribution in [0.3, 0.4) is 0 Å². The van der Waals surface area contributed by atoms with Crippen LogP contribution in [0.4, 0.5) is 24.5 Å². The monoisotopic (exact) mass is 605 g/mol. The Bertz CT molecular complexity index is 1590. The average Bonchev–Trinajstić information content (AvgIpc) is 3.02. The molecular formula is C24H20Cl2F3N3O6S. The normalized spacial score (nSPS) is 16.9. The molecule has 15 heteroatoms. The fraction of sp³-hybridized carbons (Fsp3) is 0.250. The molecule has 0 saturated carbocycles. The van der Waals surface area contributed by atoms with Crippen LogP contribution in [0.5, 0.6) is 11.6 Å². The summed E-state index contributed by atoms with van der Waals surface area (Å²) in [5.74, 6) is -2.97. The van der Waals surface area contributed by atoms with Crippen LogP contribution in [0.1, 0.15) is 34.3 Å². The number of anilines is 2. The van der Waals surface area contributed by atoms with Crippen molar-refractivity contribution in [3.8, 4) is 11.6 Å². The van der Waals surface area contributed by atoms with Gasteiger partial charge in [-0.1, -0.05) is 42.3 Å². The molecule has 0 fully saturated rings. The molecule has 2 heterocycles. The van der Waals surface area contributed by atoms with Crippen LogP contribution in [0.15, 0.2) is 48.5 Å². The number of aromatic nitrogens is 1. The first-order valence-electron chi connectivity index (χ1n) is 11.0. The Balaban J connectivity index is 1.71. The molecule has 2 aromatic carbocycles. The van der Waals surface area contributed by atoms with Crippen LogP contribution in [-0.2, 0) is 15.8 Å². The number of pyridine rings is 1. The van der Waals surface area contributed by atoms with E-state index in [1.54, 1.807) is 0 Å². The molecule has 0 aliphatic carbocycles. The van der Waals surface area contributed by atoms with Crippen LogP contribution >= 0.6 is 23.2 Å². The number of hydrogen-bond donors (Lipinski definition) is 2. The van der Waals surface area contributed by atoms with Crippen molar-refractivity contribution in [1.82, 2.24) is 4.98 Å². The molecular weight excluding hydrogens is 586 g/mol. The number of aliphatic hydroxyl groups is 1. The fourth-order valence-corrected chi connectivity index (χ4v) is 6.00. The van der Waals surface area contributed by atoms with E-state index in [-0.39, 0.29) is 44.3 Å². The summed E-state index contributed by atoms with van der Waals surface area (Å²) < 4.78 is 75.7. The third-order valence-electron chi connectivity index (χ3n) is 6.56. The first-order chi connectivity index (χ1) is 18.0. The number of hydrogen-bond acceptors (Lipinski definition) is 6. The van der Waals surface area contributed by atoms with Gasteiger partial charge in [-0.05, 0) is 41.5 Å². The zero-order valence-corrected chi connectivity index (χ0v) is 22.7. The average molecular weight is 606 g/mol. The minimum atomic E-state index is -5.19. The van der Waals surface area contributed by atoms with E-state index in [4.69, 9.17) is 33.0 Å². The van der Waals surface area contributed by atoms with E-state index in [0.717, 1.165) is 27.7 Å². The molecule has 2 atom stereocenters. The highest BCUT2D eigenvalue weighted by Crippen LogP contribution is 2.52. The number of ether oxygens (including phenoxy) is 1. The van der Waals surface area contributed by atoms with Gasteiger partial charge in [-0.15, -0.1) is 0 Å². The van der Waals surface area contributed by atoms with E-state index in [1.807, 2.05) is 0 Å². The van der Waals surface area contributed by atoms with E-state index in [9.17, 15) is 31.5 Å². The molecule has 0 amide bonds. The molecule has 0 saturated heterocycles. The number of carboxylic acids is 1. The Labute approximate surface area is 231 Å². The summed E-state index contributed by atoms with van der Waals surface area (Å²) in [6.07, 6.45) is -5.19. The van der Waals surface area contributed by atoms with Crippen molar-refractivity contribution in [3.05, 3.63) is 75.4 Å². The number of aromatic carboxylic acids is 1. The van der Waals surface area contributed by atoms with Gasteiger partial charge in [0.25, 0.3) is 0 Å². The van der Waals surface area contributed by atoms with Crippen LogP contribution < -0.4 is 13.3 Å². The minimum Gasteiger partial charge on any atom is -0.478 e. The Morgan fingerprint density at radius 2 is 1.67 bits per heavy atom. The van der Waals surface area contributed by atoms with Crippen molar-refractivity contribution in [1.29, 1.82) is 0 Å². The number of carbonyl (C=O) groups is 1. The van der Waals surface area contributed by atoms with Gasteiger partial charge in [0.1, 0.15) is 10.9 Å². The third kappa shape index (κ3) is 4.73. The van der Waals surface area contributed by atoms with Crippen molar-refractivity contribution in [3.63, 3.8) is 0 Å². The van der Waals surface area contributed by atoms with E-state index in [2.05, 4.69) is 4.98 Å². The lowest BCUT2D eigenvalue weighted by Gasteiger charge is -2.37. The highest BCUT2D eigenvalue weighted by molar-refractivity contribution is 7.94. The van der Waals surface area contributed by atoms with Gasteiger partial charge < -0.3 is 14.9 Å². The maximum atomic E-state index is 14.5. The molecule has 0 radical (unpaired) electrons. The first kappa shape index (κ1) is 28.7. The van der Waals surface area contributed by atoms with Gasteiger partial charge in [-0.3, -0.25) is 8.61 Å². The molecule has 208 valence electrons. The van der Waals surface area contributed by atoms with E-state index in [1.165, 1.54) is 50.5 Å². The predicted octanol–water partition coefficient (Wildman–Crippen LogP) is 5.56. The van der Waals surface area contributed by atoms with Crippen molar-refractivity contribution >= 4 is 50.8 Å². The highest BCUT2D eigenvalue weighted by Gasteiger charge is 2.59. The van der Waals surface area contributed by atoms with Gasteiger partial charge in [-0.2, -0.15) is 21.6 Å². The minimum absolute atomic E-state index is 0.0280. The summed E-state index contributed by atoms with van der Waals surface area (Å²) in [4.78, 5) is 14.9. The maximum absolute atomic E-state index is 14.5. The molecule has 1 aromatic heterocycles. The maximum Gasteiger partial charge on any atom is 0.422 e. The van der Waals surface area contributed by atoms with E-state index in [0.29, 0.717) is 0 Å².